The van der Waals surface area contributed by atoms with E-state index in [1.54, 1.807) is 29.4 Å². The van der Waals surface area contributed by atoms with Crippen molar-refractivity contribution < 1.29 is 4.74 Å². The Morgan fingerprint density at radius 3 is 2.84 bits per heavy atom. The Kier molecular flexibility index (Phi) is 4.32. The van der Waals surface area contributed by atoms with Crippen LogP contribution in [0.25, 0.3) is 10.2 Å². The highest BCUT2D eigenvalue weighted by molar-refractivity contribution is 8.01. The maximum atomic E-state index is 5.41. The van der Waals surface area contributed by atoms with Crippen LogP contribution in [0.15, 0.2) is 15.7 Å². The molecule has 0 atom stereocenters. The molecule has 0 radical (unpaired) electrons. The summed E-state index contributed by atoms with van der Waals surface area (Å²) < 4.78 is 6.35. The van der Waals surface area contributed by atoms with E-state index >= 15 is 0 Å². The molecule has 130 valence electrons. The lowest BCUT2D eigenvalue weighted by Gasteiger charge is -2.25. The van der Waals surface area contributed by atoms with E-state index in [4.69, 9.17) is 4.74 Å². The molecule has 0 unspecified atom stereocenters. The molecule has 5 rings (SSSR count). The van der Waals surface area contributed by atoms with Crippen LogP contribution >= 0.6 is 34.4 Å². The van der Waals surface area contributed by atoms with Gasteiger partial charge in [0.25, 0.3) is 0 Å². The maximum absolute atomic E-state index is 5.41. The summed E-state index contributed by atoms with van der Waals surface area (Å²) in [7, 11) is 0. The molecule has 6 nitrogen and oxygen atoms in total. The monoisotopic (exact) mass is 391 g/mol. The van der Waals surface area contributed by atoms with Crippen molar-refractivity contribution in [1.29, 1.82) is 0 Å². The topological polar surface area (TPSA) is 64.0 Å². The molecule has 0 bridgehead atoms. The summed E-state index contributed by atoms with van der Waals surface area (Å²) in [5.74, 6) is 0. The first kappa shape index (κ1) is 15.9. The zero-order valence-corrected chi connectivity index (χ0v) is 16.1. The summed E-state index contributed by atoms with van der Waals surface area (Å²) in [6.07, 6.45) is 6.55. The molecular weight excluding hydrogens is 374 g/mol. The van der Waals surface area contributed by atoms with Crippen LogP contribution in [0.5, 0.6) is 0 Å². The zero-order valence-electron chi connectivity index (χ0n) is 13.6. The van der Waals surface area contributed by atoms with Gasteiger partial charge in [-0.3, -0.25) is 0 Å². The second kappa shape index (κ2) is 6.79. The number of morpholine rings is 1. The third-order valence-electron chi connectivity index (χ3n) is 4.58. The number of aryl methyl sites for hydroxylation is 2. The van der Waals surface area contributed by atoms with Crippen molar-refractivity contribution in [2.24, 2.45) is 0 Å². The van der Waals surface area contributed by atoms with Gasteiger partial charge in [-0.2, -0.15) is 0 Å². The number of hydrogen-bond donors (Lipinski definition) is 0. The van der Waals surface area contributed by atoms with Crippen LogP contribution in [0.1, 0.15) is 23.3 Å². The van der Waals surface area contributed by atoms with Crippen molar-refractivity contribution in [2.75, 3.05) is 31.2 Å². The molecule has 4 heterocycles. The third kappa shape index (κ3) is 3.03. The Bertz CT molecular complexity index is 902. The Balaban J connectivity index is 1.46. The molecule has 0 N–H and O–H groups in total. The van der Waals surface area contributed by atoms with E-state index in [1.807, 2.05) is 11.3 Å². The van der Waals surface area contributed by atoms with Crippen LogP contribution in [-0.4, -0.2) is 46.5 Å². The summed E-state index contributed by atoms with van der Waals surface area (Å²) in [5.41, 5.74) is 1.47. The Morgan fingerprint density at radius 1 is 1.04 bits per heavy atom. The molecule has 0 spiro atoms. The van der Waals surface area contributed by atoms with Crippen LogP contribution in [0.2, 0.25) is 0 Å². The number of aromatic nitrogens is 4. The fraction of sp³-hybridized carbons (Fsp3) is 0.500. The molecule has 9 heteroatoms. The quantitative estimate of drug-likeness (QED) is 0.634. The molecule has 1 saturated heterocycles. The largest absolute Gasteiger partial charge is 0.378 e. The summed E-state index contributed by atoms with van der Waals surface area (Å²) in [6.45, 7) is 3.29. The van der Waals surface area contributed by atoms with Crippen LogP contribution in [0.4, 0.5) is 5.13 Å². The average Bonchev–Trinajstić information content (AvgIpc) is 3.27. The Hall–Kier alpha value is -1.29. The van der Waals surface area contributed by atoms with Gasteiger partial charge >= 0.3 is 0 Å². The Morgan fingerprint density at radius 2 is 1.92 bits per heavy atom. The second-order valence-electron chi connectivity index (χ2n) is 6.12. The van der Waals surface area contributed by atoms with Gasteiger partial charge in [0.1, 0.15) is 16.2 Å². The van der Waals surface area contributed by atoms with E-state index in [1.165, 1.54) is 35.1 Å². The van der Waals surface area contributed by atoms with E-state index in [2.05, 4.69) is 25.1 Å². The molecule has 25 heavy (non-hydrogen) atoms. The van der Waals surface area contributed by atoms with Crippen molar-refractivity contribution in [3.8, 4) is 0 Å². The van der Waals surface area contributed by atoms with Crippen molar-refractivity contribution in [3.05, 3.63) is 16.8 Å². The molecule has 0 amide bonds. The number of hydrogen-bond acceptors (Lipinski definition) is 9. The minimum absolute atomic E-state index is 0.760. The van der Waals surface area contributed by atoms with Crippen LogP contribution in [0.3, 0.4) is 0 Å². The molecule has 2 aliphatic rings. The van der Waals surface area contributed by atoms with Gasteiger partial charge in [-0.25, -0.2) is 9.97 Å². The van der Waals surface area contributed by atoms with Gasteiger partial charge in [0, 0.05) is 23.4 Å². The first-order valence-electron chi connectivity index (χ1n) is 8.48. The number of fused-ring (bicyclic) bond motifs is 3. The lowest BCUT2D eigenvalue weighted by molar-refractivity contribution is 0.122. The maximum Gasteiger partial charge on any atom is 0.209 e. The van der Waals surface area contributed by atoms with E-state index in [0.717, 1.165) is 52.1 Å². The highest BCUT2D eigenvalue weighted by Crippen LogP contribution is 2.42. The number of rotatable bonds is 3. The molecule has 1 fully saturated rings. The van der Waals surface area contributed by atoms with Crippen molar-refractivity contribution in [2.45, 2.75) is 35.0 Å². The first-order chi connectivity index (χ1) is 12.4. The van der Waals surface area contributed by atoms with Gasteiger partial charge in [-0.05, 0) is 43.0 Å². The highest BCUT2D eigenvalue weighted by atomic mass is 32.2. The normalized spacial score (nSPS) is 17.8. The van der Waals surface area contributed by atoms with Crippen molar-refractivity contribution >= 4 is 49.8 Å². The van der Waals surface area contributed by atoms with Crippen LogP contribution < -0.4 is 4.90 Å². The third-order valence-corrected chi connectivity index (χ3v) is 7.82. The first-order valence-corrected chi connectivity index (χ1v) is 10.9. The summed E-state index contributed by atoms with van der Waals surface area (Å²) in [6, 6.07) is 0. The van der Waals surface area contributed by atoms with E-state index in [9.17, 15) is 0 Å². The minimum Gasteiger partial charge on any atom is -0.378 e. The van der Waals surface area contributed by atoms with Gasteiger partial charge in [0.15, 0.2) is 4.34 Å². The predicted molar refractivity (Wildman–Crippen MR) is 101 cm³/mol. The standard InChI is InChI=1S/C16H17N5OS3/c1-2-4-11-10(3-1)12-13(23-11)17-9-18-14(12)24-16-20-19-15(25-16)21-5-7-22-8-6-21/h9H,1-8H2. The molecule has 1 aliphatic heterocycles. The van der Waals surface area contributed by atoms with E-state index in [-0.39, 0.29) is 0 Å². The number of thiophene rings is 1. The van der Waals surface area contributed by atoms with Crippen molar-refractivity contribution in [3.63, 3.8) is 0 Å². The van der Waals surface area contributed by atoms with Crippen molar-refractivity contribution in [1.82, 2.24) is 20.2 Å². The van der Waals surface area contributed by atoms with Gasteiger partial charge in [-0.1, -0.05) is 11.3 Å². The molecule has 0 saturated carbocycles. The van der Waals surface area contributed by atoms with Gasteiger partial charge in [0.2, 0.25) is 5.13 Å². The number of ether oxygens (including phenoxy) is 1. The highest BCUT2D eigenvalue weighted by Gasteiger charge is 2.22. The molecule has 0 aromatic carbocycles. The second-order valence-corrected chi connectivity index (χ2v) is 9.40. The molecular formula is C16H17N5OS3. The van der Waals surface area contributed by atoms with Crippen LogP contribution in [-0.2, 0) is 17.6 Å². The van der Waals surface area contributed by atoms with E-state index < -0.39 is 0 Å². The lowest BCUT2D eigenvalue weighted by atomic mass is 9.97. The lowest BCUT2D eigenvalue weighted by Crippen LogP contribution is -2.36. The zero-order chi connectivity index (χ0) is 16.6. The Labute approximate surface area is 157 Å². The van der Waals surface area contributed by atoms with E-state index in [0.29, 0.717) is 0 Å². The average molecular weight is 392 g/mol. The fourth-order valence-corrected chi connectivity index (χ4v) is 6.57. The number of nitrogens with zero attached hydrogens (tertiary/aromatic N) is 5. The summed E-state index contributed by atoms with van der Waals surface area (Å²) in [5, 5.41) is 12.0. The SMILES string of the molecule is c1nc(Sc2nnc(N3CCOCC3)s2)c2c3c(sc2n1)CCCC3. The molecule has 3 aromatic heterocycles. The smallest absolute Gasteiger partial charge is 0.209 e. The minimum atomic E-state index is 0.760. The predicted octanol–water partition coefficient (Wildman–Crippen LogP) is 3.41. The fourth-order valence-electron chi connectivity index (χ4n) is 3.35. The van der Waals surface area contributed by atoms with Gasteiger partial charge in [0.05, 0.1) is 13.2 Å². The van der Waals surface area contributed by atoms with Gasteiger partial charge in [-0.15, -0.1) is 21.5 Å². The number of anilines is 1. The van der Waals surface area contributed by atoms with Gasteiger partial charge < -0.3 is 9.64 Å². The molecule has 1 aliphatic carbocycles. The van der Waals surface area contributed by atoms with Crippen LogP contribution in [0, 0.1) is 0 Å². The summed E-state index contributed by atoms with van der Waals surface area (Å²) in [4.78, 5) is 13.9. The summed E-state index contributed by atoms with van der Waals surface area (Å²) >= 11 is 5.09. The molecule has 3 aromatic rings.